The molecule has 0 aliphatic carbocycles. The van der Waals surface area contributed by atoms with E-state index in [1.165, 1.54) is 0 Å². The summed E-state index contributed by atoms with van der Waals surface area (Å²) in [5.41, 5.74) is 4.99. The quantitative estimate of drug-likeness (QED) is 0.485. The van der Waals surface area contributed by atoms with Crippen molar-refractivity contribution >= 4 is 16.0 Å². The monoisotopic (exact) mass is 481 g/mol. The molecule has 0 spiro atoms. The zero-order chi connectivity index (χ0) is 24.3. The van der Waals surface area contributed by atoms with Gasteiger partial charge in [-0.1, -0.05) is 48.5 Å². The Balaban J connectivity index is 1.76. The summed E-state index contributed by atoms with van der Waals surface area (Å²) in [5.74, 6) is 0.833. The van der Waals surface area contributed by atoms with Gasteiger partial charge < -0.3 is 14.2 Å². The number of ether oxygens (including phenoxy) is 3. The zero-order valence-electron chi connectivity index (χ0n) is 19.1. The molecule has 1 heterocycles. The number of carbonyl (C=O) groups excluding carboxylic acids is 1. The molecule has 1 aliphatic rings. The Labute approximate surface area is 199 Å². The van der Waals surface area contributed by atoms with Crippen molar-refractivity contribution in [1.82, 2.24) is 0 Å². The summed E-state index contributed by atoms with van der Waals surface area (Å²) in [5, 5.41) is 5.29. The molecule has 4 rings (SSSR count). The molecule has 0 aromatic heterocycles. The largest absolute Gasteiger partial charge is 0.496 e. The molecule has 2 N–H and O–H groups in total. The average molecular weight is 482 g/mol. The molecule has 1 unspecified atom stereocenters. The molecule has 0 amide bonds. The summed E-state index contributed by atoms with van der Waals surface area (Å²) in [6.45, 7) is 2.14. The van der Waals surface area contributed by atoms with Crippen molar-refractivity contribution in [2.45, 2.75) is 31.6 Å². The Bertz CT molecular complexity index is 1320. The van der Waals surface area contributed by atoms with Crippen molar-refractivity contribution in [1.29, 1.82) is 0 Å². The highest BCUT2D eigenvalue weighted by molar-refractivity contribution is 7.88. The number of esters is 1. The van der Waals surface area contributed by atoms with Crippen LogP contribution in [0, 0.1) is 0 Å². The number of primary sulfonamides is 1. The van der Waals surface area contributed by atoms with E-state index in [1.54, 1.807) is 20.1 Å². The van der Waals surface area contributed by atoms with E-state index >= 15 is 0 Å². The predicted molar refractivity (Wildman–Crippen MR) is 129 cm³/mol. The highest BCUT2D eigenvalue weighted by Crippen LogP contribution is 2.49. The fraction of sp³-hybridized carbons (Fsp3) is 0.269. The summed E-state index contributed by atoms with van der Waals surface area (Å²) in [7, 11) is -2.09. The summed E-state index contributed by atoms with van der Waals surface area (Å²) in [4.78, 5) is 11.8. The van der Waals surface area contributed by atoms with Crippen molar-refractivity contribution in [3.63, 3.8) is 0 Å². The molecule has 0 saturated heterocycles. The maximum Gasteiger partial charge on any atom is 0.306 e. The molecule has 178 valence electrons. The molecule has 0 fully saturated rings. The van der Waals surface area contributed by atoms with Crippen LogP contribution in [0.4, 0.5) is 0 Å². The molecule has 7 nitrogen and oxygen atoms in total. The molecular formula is C26H27NO6S. The minimum atomic E-state index is -3.70. The highest BCUT2D eigenvalue weighted by Gasteiger charge is 2.30. The van der Waals surface area contributed by atoms with Gasteiger partial charge in [0.25, 0.3) is 0 Å². The Morgan fingerprint density at radius 1 is 1.06 bits per heavy atom. The minimum absolute atomic E-state index is 0.235. The van der Waals surface area contributed by atoms with Gasteiger partial charge in [0.15, 0.2) is 0 Å². The van der Waals surface area contributed by atoms with Crippen LogP contribution in [-0.4, -0.2) is 28.1 Å². The van der Waals surface area contributed by atoms with E-state index < -0.39 is 16.1 Å². The number of carbonyl (C=O) groups is 1. The van der Waals surface area contributed by atoms with E-state index in [0.717, 1.165) is 27.8 Å². The van der Waals surface area contributed by atoms with Crippen LogP contribution >= 0.6 is 0 Å². The third-order valence-corrected chi connectivity index (χ3v) is 6.40. The predicted octanol–water partition coefficient (Wildman–Crippen LogP) is 4.13. The third kappa shape index (κ3) is 5.24. The molecule has 34 heavy (non-hydrogen) atoms. The number of sulfonamides is 1. The number of fused-ring (bicyclic) bond motifs is 3. The Kier molecular flexibility index (Phi) is 6.90. The molecular weight excluding hydrogens is 454 g/mol. The van der Waals surface area contributed by atoms with Crippen LogP contribution in [0.1, 0.15) is 41.7 Å². The van der Waals surface area contributed by atoms with E-state index in [2.05, 4.69) is 0 Å². The van der Waals surface area contributed by atoms with Crippen molar-refractivity contribution in [3.8, 4) is 22.6 Å². The second kappa shape index (κ2) is 9.87. The second-order valence-electron chi connectivity index (χ2n) is 8.11. The van der Waals surface area contributed by atoms with Crippen LogP contribution in [0.15, 0.2) is 60.7 Å². The van der Waals surface area contributed by atoms with Crippen LogP contribution in [-0.2, 0) is 31.7 Å². The Morgan fingerprint density at radius 3 is 2.59 bits per heavy atom. The second-order valence-corrected chi connectivity index (χ2v) is 9.72. The van der Waals surface area contributed by atoms with E-state index in [9.17, 15) is 13.2 Å². The Hall–Kier alpha value is -3.36. The summed E-state index contributed by atoms with van der Waals surface area (Å²) < 4.78 is 40.5. The third-order valence-electron chi connectivity index (χ3n) is 5.67. The lowest BCUT2D eigenvalue weighted by atomic mass is 9.87. The molecule has 0 saturated carbocycles. The van der Waals surface area contributed by atoms with Gasteiger partial charge >= 0.3 is 5.97 Å². The van der Waals surface area contributed by atoms with Gasteiger partial charge in [-0.25, -0.2) is 13.6 Å². The summed E-state index contributed by atoms with van der Waals surface area (Å²) in [6, 6.07) is 18.9. The normalized spacial score (nSPS) is 14.5. The smallest absolute Gasteiger partial charge is 0.306 e. The number of aryl methyl sites for hydroxylation is 1. The van der Waals surface area contributed by atoms with E-state index in [0.29, 0.717) is 30.1 Å². The molecule has 8 heteroatoms. The van der Waals surface area contributed by atoms with Crippen molar-refractivity contribution in [2.24, 2.45) is 5.14 Å². The van der Waals surface area contributed by atoms with Gasteiger partial charge in [-0.3, -0.25) is 4.79 Å². The first-order valence-electron chi connectivity index (χ1n) is 11.0. The molecule has 1 atom stereocenters. The number of nitrogens with two attached hydrogens (primary N) is 1. The molecule has 0 bridgehead atoms. The van der Waals surface area contributed by atoms with Crippen molar-refractivity contribution in [2.75, 3.05) is 13.7 Å². The Morgan fingerprint density at radius 2 is 1.85 bits per heavy atom. The van der Waals surface area contributed by atoms with Crippen LogP contribution < -0.4 is 14.6 Å². The lowest BCUT2D eigenvalue weighted by molar-refractivity contribution is -0.143. The first-order valence-corrected chi connectivity index (χ1v) is 12.7. The SMILES string of the molecule is CCOC(=O)CCc1cccc(C2Oc3cccc(OC)c3-c3ccc(CS(N)(=O)=O)cc32)c1. The standard InChI is InChI=1S/C26H27NO6S/c1-3-32-24(28)13-11-17-6-4-7-19(14-17)26-21-15-18(16-34(27,29)30)10-12-20(21)25-22(31-2)8-5-9-23(25)33-26/h4-10,12,14-15,26H,3,11,13,16H2,1-2H3,(H2,27,29,30). The summed E-state index contributed by atoms with van der Waals surface area (Å²) >= 11 is 0. The van der Waals surface area contributed by atoms with Crippen molar-refractivity contribution in [3.05, 3.63) is 82.9 Å². The number of hydrogen-bond acceptors (Lipinski definition) is 6. The zero-order valence-corrected chi connectivity index (χ0v) is 19.9. The van der Waals surface area contributed by atoms with Gasteiger partial charge in [-0.2, -0.15) is 0 Å². The molecule has 0 radical (unpaired) electrons. The topological polar surface area (TPSA) is 105 Å². The number of methoxy groups -OCH3 is 1. The van der Waals surface area contributed by atoms with E-state index in [-0.39, 0.29) is 18.1 Å². The van der Waals surface area contributed by atoms with Crippen molar-refractivity contribution < 1.29 is 27.4 Å². The number of rotatable bonds is 8. The first kappa shape index (κ1) is 23.8. The van der Waals surface area contributed by atoms with Gasteiger partial charge in [0.1, 0.15) is 17.6 Å². The first-order chi connectivity index (χ1) is 16.3. The van der Waals surface area contributed by atoms with Gasteiger partial charge in [-0.15, -0.1) is 0 Å². The highest BCUT2D eigenvalue weighted by atomic mass is 32.2. The van der Waals surface area contributed by atoms with Crippen LogP contribution in [0.2, 0.25) is 0 Å². The maximum atomic E-state index is 11.8. The van der Waals surface area contributed by atoms with Crippen LogP contribution in [0.3, 0.4) is 0 Å². The molecule has 3 aromatic rings. The van der Waals surface area contributed by atoms with E-state index in [4.69, 9.17) is 19.3 Å². The average Bonchev–Trinajstić information content (AvgIpc) is 2.81. The summed E-state index contributed by atoms with van der Waals surface area (Å²) in [6.07, 6.45) is 0.359. The van der Waals surface area contributed by atoms with Gasteiger partial charge in [0, 0.05) is 12.0 Å². The molecule has 1 aliphatic heterocycles. The maximum absolute atomic E-state index is 11.8. The lowest BCUT2D eigenvalue weighted by Crippen LogP contribution is -2.18. The van der Waals surface area contributed by atoms with Gasteiger partial charge in [-0.05, 0) is 47.7 Å². The van der Waals surface area contributed by atoms with Crippen LogP contribution in [0.25, 0.3) is 11.1 Å². The van der Waals surface area contributed by atoms with Gasteiger partial charge in [0.05, 0.1) is 25.0 Å². The van der Waals surface area contributed by atoms with Crippen LogP contribution in [0.5, 0.6) is 11.5 Å². The minimum Gasteiger partial charge on any atom is -0.496 e. The fourth-order valence-corrected chi connectivity index (χ4v) is 4.90. The van der Waals surface area contributed by atoms with E-state index in [1.807, 2.05) is 54.6 Å². The van der Waals surface area contributed by atoms with Gasteiger partial charge in [0.2, 0.25) is 10.0 Å². The number of hydrogen-bond donors (Lipinski definition) is 1. The lowest BCUT2D eigenvalue weighted by Gasteiger charge is -2.30. The number of benzene rings is 3. The molecule has 3 aromatic carbocycles. The fourth-order valence-electron chi connectivity index (χ4n) is 4.25.